The Balaban J connectivity index is 1.57. The molecule has 0 saturated carbocycles. The maximum absolute atomic E-state index is 4.50. The van der Waals surface area contributed by atoms with Crippen LogP contribution in [-0.2, 0) is 0 Å². The molecule has 4 heteroatoms. The van der Waals surface area contributed by atoms with Gasteiger partial charge in [0.25, 0.3) is 0 Å². The van der Waals surface area contributed by atoms with E-state index in [-0.39, 0.29) is 0 Å². The minimum atomic E-state index is 0.544. The van der Waals surface area contributed by atoms with E-state index < -0.39 is 0 Å². The first kappa shape index (κ1) is 12.0. The van der Waals surface area contributed by atoms with Gasteiger partial charge in [-0.05, 0) is 44.0 Å². The average molecular weight is 268 g/mol. The van der Waals surface area contributed by atoms with Crippen LogP contribution in [0.3, 0.4) is 0 Å². The lowest BCUT2D eigenvalue weighted by atomic mass is 9.84. The number of benzene rings is 1. The Morgan fingerprint density at radius 3 is 2.60 bits per heavy atom. The number of anilines is 1. The Morgan fingerprint density at radius 1 is 1.10 bits per heavy atom. The number of piperidine rings is 3. The first-order valence-electron chi connectivity index (χ1n) is 7.48. The van der Waals surface area contributed by atoms with Crippen LogP contribution < -0.4 is 5.32 Å². The Bertz CT molecular complexity index is 569. The van der Waals surface area contributed by atoms with Crippen LogP contribution in [0, 0.1) is 5.92 Å². The smallest absolute Gasteiger partial charge is 0.207 e. The summed E-state index contributed by atoms with van der Waals surface area (Å²) in [7, 11) is 0. The molecule has 1 aromatic heterocycles. The predicted molar refractivity (Wildman–Crippen MR) is 80.1 cm³/mol. The van der Waals surface area contributed by atoms with Crippen molar-refractivity contribution in [2.45, 2.75) is 18.9 Å². The number of hydrogen-bond donors (Lipinski definition) is 1. The second kappa shape index (κ2) is 4.94. The third-order valence-electron chi connectivity index (χ3n) is 4.65. The lowest BCUT2D eigenvalue weighted by molar-refractivity contribution is 0.0971. The second-order valence-electron chi connectivity index (χ2n) is 5.85. The van der Waals surface area contributed by atoms with E-state index in [0.29, 0.717) is 6.04 Å². The van der Waals surface area contributed by atoms with Gasteiger partial charge in [-0.15, -0.1) is 0 Å². The topological polar surface area (TPSA) is 33.1 Å². The molecule has 3 saturated heterocycles. The molecule has 0 aliphatic carbocycles. The molecule has 5 rings (SSSR count). The van der Waals surface area contributed by atoms with Crippen LogP contribution in [0.4, 0.5) is 5.95 Å². The minimum absolute atomic E-state index is 0.544. The van der Waals surface area contributed by atoms with Crippen molar-refractivity contribution in [1.82, 2.24) is 14.5 Å². The zero-order chi connectivity index (χ0) is 13.4. The van der Waals surface area contributed by atoms with Crippen molar-refractivity contribution in [2.24, 2.45) is 5.92 Å². The van der Waals surface area contributed by atoms with Gasteiger partial charge in [-0.2, -0.15) is 0 Å². The van der Waals surface area contributed by atoms with Gasteiger partial charge in [0.2, 0.25) is 5.95 Å². The number of hydrogen-bond acceptors (Lipinski definition) is 3. The summed E-state index contributed by atoms with van der Waals surface area (Å²) < 4.78 is 2.14. The molecule has 1 atom stereocenters. The van der Waals surface area contributed by atoms with Crippen molar-refractivity contribution in [2.75, 3.05) is 25.0 Å². The summed E-state index contributed by atoms with van der Waals surface area (Å²) in [4.78, 5) is 7.07. The molecule has 1 aromatic carbocycles. The lowest BCUT2D eigenvalue weighted by Crippen LogP contribution is -2.53. The van der Waals surface area contributed by atoms with E-state index in [9.17, 15) is 0 Å². The first-order valence-corrected chi connectivity index (χ1v) is 7.48. The maximum Gasteiger partial charge on any atom is 0.207 e. The SMILES string of the molecule is c1ccc(-n2ccnc2NC2CN3CCC2CC3)cc1. The van der Waals surface area contributed by atoms with E-state index in [4.69, 9.17) is 0 Å². The molecular weight excluding hydrogens is 248 g/mol. The van der Waals surface area contributed by atoms with Gasteiger partial charge >= 0.3 is 0 Å². The van der Waals surface area contributed by atoms with E-state index in [1.165, 1.54) is 25.9 Å². The van der Waals surface area contributed by atoms with Gasteiger partial charge in [-0.3, -0.25) is 4.57 Å². The highest BCUT2D eigenvalue weighted by Crippen LogP contribution is 2.29. The fourth-order valence-electron chi connectivity index (χ4n) is 3.50. The molecule has 3 fully saturated rings. The highest BCUT2D eigenvalue weighted by Gasteiger charge is 2.34. The van der Waals surface area contributed by atoms with Gasteiger partial charge in [0.1, 0.15) is 0 Å². The quantitative estimate of drug-likeness (QED) is 0.928. The Morgan fingerprint density at radius 2 is 1.90 bits per heavy atom. The van der Waals surface area contributed by atoms with E-state index in [1.54, 1.807) is 0 Å². The zero-order valence-corrected chi connectivity index (χ0v) is 11.6. The van der Waals surface area contributed by atoms with Crippen molar-refractivity contribution >= 4 is 5.95 Å². The summed E-state index contributed by atoms with van der Waals surface area (Å²) in [6.45, 7) is 3.71. The number of fused-ring (bicyclic) bond motifs is 3. The van der Waals surface area contributed by atoms with Gasteiger partial charge in [-0.25, -0.2) is 4.98 Å². The molecule has 0 radical (unpaired) electrons. The van der Waals surface area contributed by atoms with E-state index in [2.05, 4.69) is 44.0 Å². The molecular formula is C16H20N4. The number of para-hydroxylation sites is 1. The van der Waals surface area contributed by atoms with Crippen molar-refractivity contribution in [1.29, 1.82) is 0 Å². The van der Waals surface area contributed by atoms with Crippen molar-refractivity contribution in [3.05, 3.63) is 42.7 Å². The Kier molecular flexibility index (Phi) is 2.96. The normalized spacial score (nSPS) is 28.5. The van der Waals surface area contributed by atoms with Crippen LogP contribution in [0.25, 0.3) is 5.69 Å². The first-order chi connectivity index (χ1) is 9.90. The summed E-state index contributed by atoms with van der Waals surface area (Å²) in [6, 6.07) is 10.9. The summed E-state index contributed by atoms with van der Waals surface area (Å²) in [5, 5.41) is 3.67. The van der Waals surface area contributed by atoms with Crippen LogP contribution in [0.2, 0.25) is 0 Å². The van der Waals surface area contributed by atoms with Crippen molar-refractivity contribution < 1.29 is 0 Å². The van der Waals surface area contributed by atoms with Gasteiger partial charge in [-0.1, -0.05) is 18.2 Å². The van der Waals surface area contributed by atoms with Crippen LogP contribution >= 0.6 is 0 Å². The molecule has 1 N–H and O–H groups in total. The average Bonchev–Trinajstić information content (AvgIpc) is 2.97. The monoisotopic (exact) mass is 268 g/mol. The zero-order valence-electron chi connectivity index (χ0n) is 11.6. The van der Waals surface area contributed by atoms with Gasteiger partial charge in [0.15, 0.2) is 0 Å². The predicted octanol–water partition coefficient (Wildman–Crippen LogP) is 2.38. The van der Waals surface area contributed by atoms with Gasteiger partial charge in [0, 0.05) is 30.7 Å². The molecule has 104 valence electrons. The molecule has 2 bridgehead atoms. The maximum atomic E-state index is 4.50. The Labute approximate surface area is 119 Å². The summed E-state index contributed by atoms with van der Waals surface area (Å²) in [5.74, 6) is 1.77. The third kappa shape index (κ3) is 2.10. The number of nitrogens with zero attached hydrogens (tertiary/aromatic N) is 3. The third-order valence-corrected chi connectivity index (χ3v) is 4.65. The summed E-state index contributed by atoms with van der Waals surface area (Å²) >= 11 is 0. The molecule has 20 heavy (non-hydrogen) atoms. The van der Waals surface area contributed by atoms with Crippen LogP contribution in [0.15, 0.2) is 42.7 Å². The summed E-state index contributed by atoms with van der Waals surface area (Å²) in [6.07, 6.45) is 6.54. The fourth-order valence-corrected chi connectivity index (χ4v) is 3.50. The number of aromatic nitrogens is 2. The standard InChI is InChI=1S/C16H20N4/c1-2-4-14(5-3-1)20-11-8-17-16(20)18-15-12-19-9-6-13(15)7-10-19/h1-5,8,11,13,15H,6-7,9-10,12H2,(H,17,18). The minimum Gasteiger partial charge on any atom is -0.351 e. The fraction of sp³-hybridized carbons (Fsp3) is 0.438. The molecule has 0 amide bonds. The molecule has 3 aliphatic rings. The van der Waals surface area contributed by atoms with Gasteiger partial charge < -0.3 is 10.2 Å². The lowest BCUT2D eigenvalue weighted by Gasteiger charge is -2.45. The summed E-state index contributed by atoms with van der Waals surface area (Å²) in [5.41, 5.74) is 1.16. The highest BCUT2D eigenvalue weighted by molar-refractivity contribution is 5.42. The second-order valence-corrected chi connectivity index (χ2v) is 5.85. The van der Waals surface area contributed by atoms with Crippen LogP contribution in [0.5, 0.6) is 0 Å². The van der Waals surface area contributed by atoms with Crippen molar-refractivity contribution in [3.8, 4) is 5.69 Å². The largest absolute Gasteiger partial charge is 0.351 e. The number of rotatable bonds is 3. The molecule has 4 heterocycles. The van der Waals surface area contributed by atoms with E-state index in [0.717, 1.165) is 24.1 Å². The number of imidazole rings is 1. The van der Waals surface area contributed by atoms with Crippen LogP contribution in [-0.4, -0.2) is 40.1 Å². The van der Waals surface area contributed by atoms with E-state index >= 15 is 0 Å². The Hall–Kier alpha value is -1.81. The number of nitrogens with one attached hydrogen (secondary N) is 1. The van der Waals surface area contributed by atoms with Gasteiger partial charge in [0.05, 0.1) is 0 Å². The molecule has 3 aliphatic heterocycles. The van der Waals surface area contributed by atoms with Crippen LogP contribution in [0.1, 0.15) is 12.8 Å². The molecule has 1 unspecified atom stereocenters. The van der Waals surface area contributed by atoms with E-state index in [1.807, 2.05) is 18.5 Å². The molecule has 4 nitrogen and oxygen atoms in total. The highest BCUT2D eigenvalue weighted by atomic mass is 15.3. The molecule has 0 spiro atoms. The molecule has 2 aromatic rings. The van der Waals surface area contributed by atoms with Crippen molar-refractivity contribution in [3.63, 3.8) is 0 Å².